The molecule has 3 heteroatoms. The lowest BCUT2D eigenvalue weighted by atomic mass is 10.0. The minimum absolute atomic E-state index is 0.0251. The minimum Gasteiger partial charge on any atom is -0.352 e. The fraction of sp³-hybridized carbons (Fsp3) is 0.727. The summed E-state index contributed by atoms with van der Waals surface area (Å²) in [7, 11) is 0. The molecular formula is C11H20N2O. The van der Waals surface area contributed by atoms with Crippen molar-refractivity contribution in [3.05, 3.63) is 0 Å². The van der Waals surface area contributed by atoms with Crippen molar-refractivity contribution in [1.82, 2.24) is 5.32 Å². The predicted molar refractivity (Wildman–Crippen MR) is 58.5 cm³/mol. The number of carbonyl (C=O) groups excluding carboxylic acids is 1. The van der Waals surface area contributed by atoms with Crippen LogP contribution in [-0.2, 0) is 4.79 Å². The molecule has 14 heavy (non-hydrogen) atoms. The van der Waals surface area contributed by atoms with Gasteiger partial charge < -0.3 is 11.1 Å². The largest absolute Gasteiger partial charge is 0.352 e. The summed E-state index contributed by atoms with van der Waals surface area (Å²) >= 11 is 0. The summed E-state index contributed by atoms with van der Waals surface area (Å²) in [4.78, 5) is 11.6. The highest BCUT2D eigenvalue weighted by Gasteiger charge is 2.16. The molecule has 1 amide bonds. The average molecular weight is 196 g/mol. The molecule has 0 radical (unpaired) electrons. The Balaban J connectivity index is 4.07. The van der Waals surface area contributed by atoms with Crippen LogP contribution < -0.4 is 11.1 Å². The quantitative estimate of drug-likeness (QED) is 0.620. The standard InChI is InChI=1S/C11H20N2O/c1-4-7-10(6-3)13-11(14)9(5-2)8-12/h1,9-10H,5-8,12H2,2-3H3,(H,13,14). The molecule has 0 rings (SSSR count). The predicted octanol–water partition coefficient (Wildman–Crippen LogP) is 0.889. The van der Waals surface area contributed by atoms with Crippen LogP contribution in [0, 0.1) is 18.3 Å². The second-order valence-corrected chi connectivity index (χ2v) is 3.36. The molecular weight excluding hydrogens is 176 g/mol. The monoisotopic (exact) mass is 196 g/mol. The van der Waals surface area contributed by atoms with Crippen LogP contribution in [0.4, 0.5) is 0 Å². The zero-order chi connectivity index (χ0) is 11.0. The van der Waals surface area contributed by atoms with Crippen molar-refractivity contribution in [2.45, 2.75) is 39.2 Å². The first-order valence-electron chi connectivity index (χ1n) is 5.13. The fourth-order valence-electron chi connectivity index (χ4n) is 1.22. The first-order valence-corrected chi connectivity index (χ1v) is 5.13. The second kappa shape index (κ2) is 7.40. The Bertz CT molecular complexity index is 204. The van der Waals surface area contributed by atoms with E-state index in [2.05, 4.69) is 11.2 Å². The topological polar surface area (TPSA) is 55.1 Å². The number of hydrogen-bond donors (Lipinski definition) is 2. The molecule has 0 aromatic rings. The van der Waals surface area contributed by atoms with E-state index in [1.807, 2.05) is 13.8 Å². The van der Waals surface area contributed by atoms with Crippen LogP contribution in [0.2, 0.25) is 0 Å². The van der Waals surface area contributed by atoms with E-state index in [4.69, 9.17) is 12.2 Å². The minimum atomic E-state index is -0.0816. The summed E-state index contributed by atoms with van der Waals surface area (Å²) in [6.45, 7) is 4.36. The molecule has 80 valence electrons. The maximum absolute atomic E-state index is 11.6. The van der Waals surface area contributed by atoms with Gasteiger partial charge in [-0.05, 0) is 12.8 Å². The molecule has 0 heterocycles. The summed E-state index contributed by atoms with van der Waals surface area (Å²) in [5.41, 5.74) is 5.47. The van der Waals surface area contributed by atoms with E-state index in [-0.39, 0.29) is 17.9 Å². The van der Waals surface area contributed by atoms with Gasteiger partial charge in [0.15, 0.2) is 0 Å². The van der Waals surface area contributed by atoms with E-state index < -0.39 is 0 Å². The molecule has 0 aliphatic rings. The lowest BCUT2D eigenvalue weighted by Gasteiger charge is -2.18. The Kier molecular flexibility index (Phi) is 6.87. The van der Waals surface area contributed by atoms with Crippen LogP contribution in [0.3, 0.4) is 0 Å². The van der Waals surface area contributed by atoms with Crippen LogP contribution in [0.25, 0.3) is 0 Å². The Morgan fingerprint density at radius 2 is 2.14 bits per heavy atom. The van der Waals surface area contributed by atoms with Gasteiger partial charge in [-0.3, -0.25) is 4.79 Å². The lowest BCUT2D eigenvalue weighted by Crippen LogP contribution is -2.40. The van der Waals surface area contributed by atoms with E-state index in [0.717, 1.165) is 12.8 Å². The van der Waals surface area contributed by atoms with E-state index in [1.165, 1.54) is 0 Å². The van der Waals surface area contributed by atoms with Crippen molar-refractivity contribution in [3.8, 4) is 12.3 Å². The highest BCUT2D eigenvalue weighted by molar-refractivity contribution is 5.79. The molecule has 0 fully saturated rings. The van der Waals surface area contributed by atoms with Gasteiger partial charge in [0, 0.05) is 24.9 Å². The van der Waals surface area contributed by atoms with E-state index in [0.29, 0.717) is 13.0 Å². The first kappa shape index (κ1) is 13.0. The number of carbonyl (C=O) groups is 1. The summed E-state index contributed by atoms with van der Waals surface area (Å²) in [5, 5.41) is 2.91. The smallest absolute Gasteiger partial charge is 0.224 e. The van der Waals surface area contributed by atoms with Crippen molar-refractivity contribution >= 4 is 5.91 Å². The zero-order valence-electron chi connectivity index (χ0n) is 9.05. The Hall–Kier alpha value is -1.01. The van der Waals surface area contributed by atoms with Crippen molar-refractivity contribution in [2.75, 3.05) is 6.54 Å². The number of nitrogens with two attached hydrogens (primary N) is 1. The summed E-state index contributed by atoms with van der Waals surface area (Å²) in [6.07, 6.45) is 7.41. The summed E-state index contributed by atoms with van der Waals surface area (Å²) < 4.78 is 0. The molecule has 0 saturated heterocycles. The highest BCUT2D eigenvalue weighted by Crippen LogP contribution is 2.03. The van der Waals surface area contributed by atoms with Crippen LogP contribution in [-0.4, -0.2) is 18.5 Å². The van der Waals surface area contributed by atoms with Gasteiger partial charge in [0.1, 0.15) is 0 Å². The molecule has 0 spiro atoms. The zero-order valence-corrected chi connectivity index (χ0v) is 9.05. The number of amides is 1. The molecule has 0 aromatic carbocycles. The number of rotatable bonds is 6. The Labute approximate surface area is 86.4 Å². The highest BCUT2D eigenvalue weighted by atomic mass is 16.1. The molecule has 3 N–H and O–H groups in total. The Morgan fingerprint density at radius 3 is 2.50 bits per heavy atom. The molecule has 3 nitrogen and oxygen atoms in total. The first-order chi connectivity index (χ1) is 6.69. The van der Waals surface area contributed by atoms with Crippen LogP contribution in [0.15, 0.2) is 0 Å². The van der Waals surface area contributed by atoms with E-state index in [1.54, 1.807) is 0 Å². The molecule has 0 aliphatic heterocycles. The third-order valence-corrected chi connectivity index (χ3v) is 2.35. The molecule has 0 saturated carbocycles. The van der Waals surface area contributed by atoms with Gasteiger partial charge in [0.05, 0.1) is 0 Å². The van der Waals surface area contributed by atoms with Gasteiger partial charge in [-0.25, -0.2) is 0 Å². The average Bonchev–Trinajstić information content (AvgIpc) is 2.19. The van der Waals surface area contributed by atoms with Crippen molar-refractivity contribution < 1.29 is 4.79 Å². The fourth-order valence-corrected chi connectivity index (χ4v) is 1.22. The molecule has 2 unspecified atom stereocenters. The van der Waals surface area contributed by atoms with Crippen LogP contribution >= 0.6 is 0 Å². The molecule has 0 bridgehead atoms. The molecule has 0 aromatic heterocycles. The normalized spacial score (nSPS) is 14.1. The number of nitrogens with one attached hydrogen (secondary N) is 1. The van der Waals surface area contributed by atoms with Gasteiger partial charge in [-0.1, -0.05) is 13.8 Å². The van der Waals surface area contributed by atoms with Gasteiger partial charge in [-0.15, -0.1) is 12.3 Å². The van der Waals surface area contributed by atoms with Crippen LogP contribution in [0.1, 0.15) is 33.1 Å². The van der Waals surface area contributed by atoms with E-state index >= 15 is 0 Å². The SMILES string of the molecule is C#CCC(CC)NC(=O)C(CC)CN. The van der Waals surface area contributed by atoms with Crippen LogP contribution in [0.5, 0.6) is 0 Å². The third kappa shape index (κ3) is 4.29. The third-order valence-electron chi connectivity index (χ3n) is 2.35. The van der Waals surface area contributed by atoms with Crippen molar-refractivity contribution in [3.63, 3.8) is 0 Å². The summed E-state index contributed by atoms with van der Waals surface area (Å²) in [5.74, 6) is 2.50. The molecule has 2 atom stereocenters. The van der Waals surface area contributed by atoms with Gasteiger partial charge in [0.2, 0.25) is 5.91 Å². The van der Waals surface area contributed by atoms with Gasteiger partial charge in [-0.2, -0.15) is 0 Å². The van der Waals surface area contributed by atoms with Gasteiger partial charge >= 0.3 is 0 Å². The van der Waals surface area contributed by atoms with Crippen molar-refractivity contribution in [1.29, 1.82) is 0 Å². The Morgan fingerprint density at radius 1 is 1.50 bits per heavy atom. The summed E-state index contributed by atoms with van der Waals surface area (Å²) in [6, 6.07) is 0.0908. The second-order valence-electron chi connectivity index (χ2n) is 3.36. The van der Waals surface area contributed by atoms with Gasteiger partial charge in [0.25, 0.3) is 0 Å². The maximum atomic E-state index is 11.6. The number of hydrogen-bond acceptors (Lipinski definition) is 2. The lowest BCUT2D eigenvalue weighted by molar-refractivity contribution is -0.125. The van der Waals surface area contributed by atoms with E-state index in [9.17, 15) is 4.79 Å². The number of terminal acetylenes is 1. The molecule has 0 aliphatic carbocycles. The maximum Gasteiger partial charge on any atom is 0.224 e. The van der Waals surface area contributed by atoms with Crippen molar-refractivity contribution in [2.24, 2.45) is 11.7 Å².